The predicted octanol–water partition coefficient (Wildman–Crippen LogP) is 3.36. The average Bonchev–Trinajstić information content (AvgIpc) is 3.28. The zero-order valence-corrected chi connectivity index (χ0v) is 14.2. The number of hydrogen-bond acceptors (Lipinski definition) is 3. The number of aromatic nitrogens is 3. The Hall–Kier alpha value is -3.87. The van der Waals surface area contributed by atoms with Crippen molar-refractivity contribution >= 4 is 28.5 Å². The van der Waals surface area contributed by atoms with Gasteiger partial charge in [0.1, 0.15) is 5.69 Å². The maximum Gasteiger partial charge on any atom is 0.354 e. The number of carbonyl (C=O) groups excluding carboxylic acids is 1. The maximum absolute atomic E-state index is 12.8. The molecule has 0 unspecified atom stereocenters. The predicted molar refractivity (Wildman–Crippen MR) is 101 cm³/mol. The maximum atomic E-state index is 12.8. The molecule has 0 fully saturated rings. The molecule has 3 aromatic heterocycles. The van der Waals surface area contributed by atoms with E-state index in [0.29, 0.717) is 12.1 Å². The molecule has 0 atom stereocenters. The van der Waals surface area contributed by atoms with Gasteiger partial charge in [-0.3, -0.25) is 9.78 Å². The van der Waals surface area contributed by atoms with Crippen molar-refractivity contribution in [3.63, 3.8) is 0 Å². The number of carboxylic acids is 1. The number of carbonyl (C=O) groups is 2. The van der Waals surface area contributed by atoms with Crippen LogP contribution in [0.5, 0.6) is 0 Å². The van der Waals surface area contributed by atoms with E-state index >= 15 is 0 Å². The minimum Gasteiger partial charge on any atom is -0.477 e. The van der Waals surface area contributed by atoms with Crippen molar-refractivity contribution in [3.05, 3.63) is 84.1 Å². The second kappa shape index (κ2) is 6.80. The molecule has 1 amide bonds. The molecule has 0 bridgehead atoms. The van der Waals surface area contributed by atoms with Gasteiger partial charge in [0.2, 0.25) is 0 Å². The van der Waals surface area contributed by atoms with Gasteiger partial charge < -0.3 is 20.0 Å². The largest absolute Gasteiger partial charge is 0.477 e. The van der Waals surface area contributed by atoms with Gasteiger partial charge in [0, 0.05) is 29.5 Å². The van der Waals surface area contributed by atoms with Gasteiger partial charge in [0.05, 0.1) is 23.5 Å². The number of para-hydroxylation sites is 1. The number of benzene rings is 1. The van der Waals surface area contributed by atoms with Gasteiger partial charge in [0.15, 0.2) is 0 Å². The minimum absolute atomic E-state index is 0.0550. The van der Waals surface area contributed by atoms with Crippen molar-refractivity contribution in [1.29, 1.82) is 0 Å². The number of pyridine rings is 1. The summed E-state index contributed by atoms with van der Waals surface area (Å²) in [6.07, 6.45) is 4.97. The number of anilines is 1. The highest BCUT2D eigenvalue weighted by Crippen LogP contribution is 2.24. The third kappa shape index (κ3) is 3.18. The zero-order valence-electron chi connectivity index (χ0n) is 14.2. The Morgan fingerprint density at radius 2 is 1.93 bits per heavy atom. The van der Waals surface area contributed by atoms with Gasteiger partial charge in [-0.05, 0) is 24.3 Å². The van der Waals surface area contributed by atoms with Crippen molar-refractivity contribution in [3.8, 4) is 0 Å². The van der Waals surface area contributed by atoms with Gasteiger partial charge >= 0.3 is 5.97 Å². The topological polar surface area (TPSA) is 100 Å². The first-order chi connectivity index (χ1) is 13.1. The Bertz CT molecular complexity index is 1130. The number of nitrogens with one attached hydrogen (secondary N) is 2. The zero-order chi connectivity index (χ0) is 18.8. The lowest BCUT2D eigenvalue weighted by Crippen LogP contribution is -2.14. The van der Waals surface area contributed by atoms with Crippen molar-refractivity contribution < 1.29 is 14.7 Å². The van der Waals surface area contributed by atoms with E-state index < -0.39 is 5.97 Å². The summed E-state index contributed by atoms with van der Waals surface area (Å²) in [6.45, 7) is 0.527. The van der Waals surface area contributed by atoms with Crippen LogP contribution < -0.4 is 5.32 Å². The number of aromatic amines is 1. The molecule has 0 spiro atoms. The van der Waals surface area contributed by atoms with Crippen LogP contribution in [0.4, 0.5) is 5.69 Å². The summed E-state index contributed by atoms with van der Waals surface area (Å²) >= 11 is 0. The summed E-state index contributed by atoms with van der Waals surface area (Å²) in [5.74, 6) is -1.50. The fraction of sp³-hybridized carbons (Fsp3) is 0.0500. The standard InChI is InChI=1S/C20H16N4O3/c25-19(23-16-8-10-22-18(16)20(26)27)15-12-24(11-13-5-3-4-9-21-13)17-7-2-1-6-14(15)17/h1-10,12,22H,11H2,(H,23,25)(H,26,27). The van der Waals surface area contributed by atoms with Crippen LogP contribution >= 0.6 is 0 Å². The van der Waals surface area contributed by atoms with E-state index in [1.165, 1.54) is 12.3 Å². The van der Waals surface area contributed by atoms with Crippen molar-refractivity contribution in [1.82, 2.24) is 14.5 Å². The Morgan fingerprint density at radius 1 is 1.11 bits per heavy atom. The SMILES string of the molecule is O=C(O)c1[nH]ccc1NC(=O)c1cn(Cc2ccccn2)c2ccccc12. The van der Waals surface area contributed by atoms with Gasteiger partial charge in [0.25, 0.3) is 5.91 Å². The van der Waals surface area contributed by atoms with Crippen LogP contribution in [0.2, 0.25) is 0 Å². The Balaban J connectivity index is 1.70. The van der Waals surface area contributed by atoms with Crippen LogP contribution in [-0.2, 0) is 6.54 Å². The summed E-state index contributed by atoms with van der Waals surface area (Å²) in [6, 6.07) is 14.8. The molecule has 3 N–H and O–H groups in total. The highest BCUT2D eigenvalue weighted by Gasteiger charge is 2.18. The molecule has 3 heterocycles. The van der Waals surface area contributed by atoms with Crippen LogP contribution in [0, 0.1) is 0 Å². The van der Waals surface area contributed by atoms with Crippen LogP contribution in [0.15, 0.2) is 67.1 Å². The number of fused-ring (bicyclic) bond motifs is 1. The van der Waals surface area contributed by atoms with E-state index in [4.69, 9.17) is 0 Å². The molecular formula is C20H16N4O3. The molecule has 0 saturated carbocycles. The minimum atomic E-state index is -1.13. The summed E-state index contributed by atoms with van der Waals surface area (Å²) < 4.78 is 1.96. The van der Waals surface area contributed by atoms with Crippen LogP contribution in [0.3, 0.4) is 0 Å². The average molecular weight is 360 g/mol. The van der Waals surface area contributed by atoms with E-state index in [1.807, 2.05) is 47.0 Å². The van der Waals surface area contributed by atoms with E-state index in [2.05, 4.69) is 15.3 Å². The molecule has 0 aliphatic heterocycles. The Labute approximate surface area is 154 Å². The lowest BCUT2D eigenvalue weighted by molar-refractivity contribution is 0.0692. The van der Waals surface area contributed by atoms with Crippen LogP contribution in [0.1, 0.15) is 26.5 Å². The van der Waals surface area contributed by atoms with Crippen LogP contribution in [-0.4, -0.2) is 31.5 Å². The van der Waals surface area contributed by atoms with E-state index in [-0.39, 0.29) is 17.3 Å². The van der Waals surface area contributed by atoms with Crippen molar-refractivity contribution in [2.45, 2.75) is 6.54 Å². The van der Waals surface area contributed by atoms with E-state index in [1.54, 1.807) is 12.4 Å². The molecule has 134 valence electrons. The molecular weight excluding hydrogens is 344 g/mol. The highest BCUT2D eigenvalue weighted by atomic mass is 16.4. The van der Waals surface area contributed by atoms with Gasteiger partial charge in [-0.1, -0.05) is 24.3 Å². The first-order valence-corrected chi connectivity index (χ1v) is 8.33. The lowest BCUT2D eigenvalue weighted by atomic mass is 10.1. The highest BCUT2D eigenvalue weighted by molar-refractivity contribution is 6.14. The third-order valence-electron chi connectivity index (χ3n) is 4.30. The number of amides is 1. The molecule has 27 heavy (non-hydrogen) atoms. The number of H-pyrrole nitrogens is 1. The van der Waals surface area contributed by atoms with Crippen molar-refractivity contribution in [2.24, 2.45) is 0 Å². The second-order valence-corrected chi connectivity index (χ2v) is 6.03. The molecule has 7 heteroatoms. The first kappa shape index (κ1) is 16.6. The lowest BCUT2D eigenvalue weighted by Gasteiger charge is -2.04. The second-order valence-electron chi connectivity index (χ2n) is 6.03. The number of hydrogen-bond donors (Lipinski definition) is 3. The van der Waals surface area contributed by atoms with E-state index in [9.17, 15) is 14.7 Å². The molecule has 0 aliphatic carbocycles. The number of carboxylic acid groups (broad SMARTS) is 1. The summed E-state index contributed by atoms with van der Waals surface area (Å²) in [5, 5.41) is 12.7. The summed E-state index contributed by atoms with van der Waals surface area (Å²) in [4.78, 5) is 31.0. The van der Waals surface area contributed by atoms with Gasteiger partial charge in [-0.25, -0.2) is 4.79 Å². The monoisotopic (exact) mass is 360 g/mol. The fourth-order valence-corrected chi connectivity index (χ4v) is 3.06. The smallest absolute Gasteiger partial charge is 0.354 e. The molecule has 4 aromatic rings. The molecule has 0 radical (unpaired) electrons. The fourth-order valence-electron chi connectivity index (χ4n) is 3.06. The third-order valence-corrected chi connectivity index (χ3v) is 4.30. The Morgan fingerprint density at radius 3 is 2.70 bits per heavy atom. The quantitative estimate of drug-likeness (QED) is 0.508. The molecule has 0 saturated heterocycles. The van der Waals surface area contributed by atoms with E-state index in [0.717, 1.165) is 16.6 Å². The molecule has 0 aliphatic rings. The molecule has 1 aromatic carbocycles. The van der Waals surface area contributed by atoms with Crippen molar-refractivity contribution in [2.75, 3.05) is 5.32 Å². The Kier molecular flexibility index (Phi) is 4.18. The van der Waals surface area contributed by atoms with Gasteiger partial charge in [-0.2, -0.15) is 0 Å². The number of rotatable bonds is 5. The molecule has 4 rings (SSSR count). The normalized spacial score (nSPS) is 10.8. The number of aromatic carboxylic acids is 1. The summed E-state index contributed by atoms with van der Waals surface area (Å²) in [7, 11) is 0. The first-order valence-electron chi connectivity index (χ1n) is 8.33. The van der Waals surface area contributed by atoms with Gasteiger partial charge in [-0.15, -0.1) is 0 Å². The molecule has 7 nitrogen and oxygen atoms in total. The summed E-state index contributed by atoms with van der Waals surface area (Å²) in [5.41, 5.74) is 2.43. The number of nitrogens with zero attached hydrogens (tertiary/aromatic N) is 2. The van der Waals surface area contributed by atoms with Crippen LogP contribution in [0.25, 0.3) is 10.9 Å².